The van der Waals surface area contributed by atoms with Crippen LogP contribution in [0.15, 0.2) is 72.7 Å². The second kappa shape index (κ2) is 10.4. The Morgan fingerprint density at radius 2 is 1.89 bits per heavy atom. The highest BCUT2D eigenvalue weighted by atomic mass is 32.2. The normalized spacial score (nSPS) is 10.6. The lowest BCUT2D eigenvalue weighted by Crippen LogP contribution is -2.24. The van der Waals surface area contributed by atoms with E-state index >= 15 is 0 Å². The minimum absolute atomic E-state index is 0.0138. The van der Waals surface area contributed by atoms with Gasteiger partial charge in [0.2, 0.25) is 5.91 Å². The van der Waals surface area contributed by atoms with Gasteiger partial charge >= 0.3 is 0 Å². The van der Waals surface area contributed by atoms with Gasteiger partial charge in [-0.1, -0.05) is 48.2 Å². The van der Waals surface area contributed by atoms with Gasteiger partial charge in [0.15, 0.2) is 11.0 Å². The van der Waals surface area contributed by atoms with Crippen molar-refractivity contribution in [3.05, 3.63) is 84.5 Å². The van der Waals surface area contributed by atoms with Gasteiger partial charge in [-0.3, -0.25) is 9.78 Å². The summed E-state index contributed by atoms with van der Waals surface area (Å²) in [5.41, 5.74) is 2.33. The molecule has 0 spiro atoms. The first-order valence-corrected chi connectivity index (χ1v) is 10.1. The second-order valence-electron chi connectivity index (χ2n) is 6.22. The standard InChI is InChI=1S/C21H23N5OS/c1-2-3-9-20(27)23-14-19-24-25-21(28-16-18-10-12-22-13-11-18)26(19)15-17-7-5-4-6-8-17/h2,4-8,10-13H,1,3,9,14-16H2,(H,23,27). The number of pyridine rings is 1. The minimum Gasteiger partial charge on any atom is -0.349 e. The van der Waals surface area contributed by atoms with Crippen LogP contribution < -0.4 is 5.32 Å². The van der Waals surface area contributed by atoms with Crippen molar-refractivity contribution >= 4 is 17.7 Å². The fraction of sp³-hybridized carbons (Fsp3) is 0.238. The van der Waals surface area contributed by atoms with E-state index in [1.165, 1.54) is 5.56 Å². The topological polar surface area (TPSA) is 72.7 Å². The lowest BCUT2D eigenvalue weighted by atomic mass is 10.2. The Hall–Kier alpha value is -2.93. The van der Waals surface area contributed by atoms with E-state index in [1.807, 2.05) is 30.3 Å². The monoisotopic (exact) mass is 393 g/mol. The smallest absolute Gasteiger partial charge is 0.220 e. The molecule has 2 aromatic heterocycles. The van der Waals surface area contributed by atoms with Gasteiger partial charge < -0.3 is 9.88 Å². The summed E-state index contributed by atoms with van der Waals surface area (Å²) >= 11 is 1.62. The molecule has 3 aromatic rings. The summed E-state index contributed by atoms with van der Waals surface area (Å²) in [6, 6.07) is 14.2. The van der Waals surface area contributed by atoms with Gasteiger partial charge in [-0.05, 0) is 29.7 Å². The number of rotatable bonds is 10. The molecule has 7 heteroatoms. The van der Waals surface area contributed by atoms with Gasteiger partial charge in [-0.25, -0.2) is 0 Å². The van der Waals surface area contributed by atoms with E-state index in [2.05, 4.69) is 43.8 Å². The van der Waals surface area contributed by atoms with Gasteiger partial charge in [-0.15, -0.1) is 16.8 Å². The van der Waals surface area contributed by atoms with Crippen LogP contribution in [0.25, 0.3) is 0 Å². The third-order valence-electron chi connectivity index (χ3n) is 4.11. The molecule has 0 saturated carbocycles. The quantitative estimate of drug-likeness (QED) is 0.421. The van der Waals surface area contributed by atoms with E-state index in [1.54, 1.807) is 30.2 Å². The molecule has 0 unspecified atom stereocenters. The molecule has 28 heavy (non-hydrogen) atoms. The van der Waals surface area contributed by atoms with Crippen molar-refractivity contribution in [1.29, 1.82) is 0 Å². The molecule has 1 N–H and O–H groups in total. The van der Waals surface area contributed by atoms with E-state index < -0.39 is 0 Å². The summed E-state index contributed by atoms with van der Waals surface area (Å²) < 4.78 is 2.06. The SMILES string of the molecule is C=CCCC(=O)NCc1nnc(SCc2ccncc2)n1Cc1ccccc1. The van der Waals surface area contributed by atoms with Crippen LogP contribution in [0.2, 0.25) is 0 Å². The molecule has 144 valence electrons. The molecule has 0 saturated heterocycles. The Morgan fingerprint density at radius 1 is 1.11 bits per heavy atom. The molecule has 0 bridgehead atoms. The van der Waals surface area contributed by atoms with Gasteiger partial charge in [0.05, 0.1) is 13.1 Å². The van der Waals surface area contributed by atoms with Crippen LogP contribution in [0.1, 0.15) is 29.8 Å². The number of nitrogens with zero attached hydrogens (tertiary/aromatic N) is 4. The third-order valence-corrected chi connectivity index (χ3v) is 5.15. The van der Waals surface area contributed by atoms with Crippen molar-refractivity contribution in [2.24, 2.45) is 0 Å². The summed E-state index contributed by atoms with van der Waals surface area (Å²) in [5.74, 6) is 1.51. The minimum atomic E-state index is -0.0138. The average Bonchev–Trinajstić information content (AvgIpc) is 3.12. The molecular weight excluding hydrogens is 370 g/mol. The Labute approximate surface area is 169 Å². The van der Waals surface area contributed by atoms with Crippen LogP contribution >= 0.6 is 11.8 Å². The maximum atomic E-state index is 11.9. The average molecular weight is 394 g/mol. The predicted octanol–water partition coefficient (Wildman–Crippen LogP) is 3.60. The molecular formula is C21H23N5OS. The molecule has 2 heterocycles. The molecule has 0 aliphatic rings. The molecule has 0 fully saturated rings. The highest BCUT2D eigenvalue weighted by molar-refractivity contribution is 7.98. The zero-order valence-corrected chi connectivity index (χ0v) is 16.4. The molecule has 0 radical (unpaired) electrons. The number of nitrogens with one attached hydrogen (secondary N) is 1. The summed E-state index contributed by atoms with van der Waals surface area (Å²) in [6.07, 6.45) is 6.41. The van der Waals surface area contributed by atoms with E-state index in [-0.39, 0.29) is 5.91 Å². The number of amides is 1. The Balaban J connectivity index is 1.73. The molecule has 1 aromatic carbocycles. The first-order valence-electron chi connectivity index (χ1n) is 9.11. The van der Waals surface area contributed by atoms with E-state index in [0.717, 1.165) is 22.3 Å². The number of carbonyl (C=O) groups is 1. The van der Waals surface area contributed by atoms with Crippen LogP contribution in [0.5, 0.6) is 0 Å². The number of thioether (sulfide) groups is 1. The summed E-state index contributed by atoms with van der Waals surface area (Å²) in [6.45, 7) is 4.66. The van der Waals surface area contributed by atoms with Gasteiger partial charge in [0.1, 0.15) is 0 Å². The zero-order chi connectivity index (χ0) is 19.6. The molecule has 3 rings (SSSR count). The Bertz CT molecular complexity index is 896. The maximum absolute atomic E-state index is 11.9. The number of aromatic nitrogens is 4. The summed E-state index contributed by atoms with van der Waals surface area (Å²) in [7, 11) is 0. The van der Waals surface area contributed by atoms with Crippen molar-refractivity contribution in [3.8, 4) is 0 Å². The third kappa shape index (κ3) is 5.79. The van der Waals surface area contributed by atoms with Gasteiger partial charge in [0.25, 0.3) is 0 Å². The summed E-state index contributed by atoms with van der Waals surface area (Å²) in [5, 5.41) is 12.4. The number of hydrogen-bond donors (Lipinski definition) is 1. The molecule has 0 atom stereocenters. The van der Waals surface area contributed by atoms with Crippen LogP contribution in [0.3, 0.4) is 0 Å². The van der Waals surface area contributed by atoms with Crippen LogP contribution in [-0.2, 0) is 23.6 Å². The Morgan fingerprint density at radius 3 is 2.64 bits per heavy atom. The van der Waals surface area contributed by atoms with E-state index in [0.29, 0.717) is 25.9 Å². The van der Waals surface area contributed by atoms with Crippen molar-refractivity contribution in [3.63, 3.8) is 0 Å². The van der Waals surface area contributed by atoms with Gasteiger partial charge in [-0.2, -0.15) is 0 Å². The van der Waals surface area contributed by atoms with Crippen LogP contribution in [0.4, 0.5) is 0 Å². The van der Waals surface area contributed by atoms with Crippen LogP contribution in [-0.4, -0.2) is 25.7 Å². The molecule has 6 nitrogen and oxygen atoms in total. The predicted molar refractivity (Wildman–Crippen MR) is 111 cm³/mol. The van der Waals surface area contributed by atoms with Gasteiger partial charge in [0, 0.05) is 24.6 Å². The largest absolute Gasteiger partial charge is 0.349 e. The number of hydrogen-bond acceptors (Lipinski definition) is 5. The highest BCUT2D eigenvalue weighted by Gasteiger charge is 2.14. The lowest BCUT2D eigenvalue weighted by molar-refractivity contribution is -0.121. The Kier molecular flexibility index (Phi) is 7.37. The fourth-order valence-electron chi connectivity index (χ4n) is 2.61. The fourth-order valence-corrected chi connectivity index (χ4v) is 3.52. The zero-order valence-electron chi connectivity index (χ0n) is 15.6. The van der Waals surface area contributed by atoms with Crippen molar-refractivity contribution < 1.29 is 4.79 Å². The lowest BCUT2D eigenvalue weighted by Gasteiger charge is -2.11. The summed E-state index contributed by atoms with van der Waals surface area (Å²) in [4.78, 5) is 16.0. The van der Waals surface area contributed by atoms with E-state index in [9.17, 15) is 4.79 Å². The van der Waals surface area contributed by atoms with Crippen LogP contribution in [0, 0.1) is 0 Å². The van der Waals surface area contributed by atoms with Crippen molar-refractivity contribution in [2.45, 2.75) is 36.8 Å². The first-order chi connectivity index (χ1) is 13.8. The first kappa shape index (κ1) is 19.8. The molecule has 0 aliphatic heterocycles. The molecule has 1 amide bonds. The maximum Gasteiger partial charge on any atom is 0.220 e. The number of allylic oxidation sites excluding steroid dienone is 1. The number of carbonyl (C=O) groups excluding carboxylic acids is 1. The highest BCUT2D eigenvalue weighted by Crippen LogP contribution is 2.22. The second-order valence-corrected chi connectivity index (χ2v) is 7.16. The van der Waals surface area contributed by atoms with Crippen molar-refractivity contribution in [2.75, 3.05) is 0 Å². The van der Waals surface area contributed by atoms with Crippen molar-refractivity contribution in [1.82, 2.24) is 25.1 Å². The molecule has 0 aliphatic carbocycles. The van der Waals surface area contributed by atoms with E-state index in [4.69, 9.17) is 0 Å². The number of benzene rings is 1.